The topological polar surface area (TPSA) is 94.8 Å². The maximum Gasteiger partial charge on any atom is 0.416 e. The van der Waals surface area contributed by atoms with Crippen molar-refractivity contribution in [2.75, 3.05) is 6.61 Å². The van der Waals surface area contributed by atoms with Crippen LogP contribution in [0.4, 0.5) is 30.7 Å². The number of carbonyl (C=O) groups excluding carboxylic acids is 1. The molecule has 1 aliphatic rings. The molecule has 2 heterocycles. The predicted octanol–water partition coefficient (Wildman–Crippen LogP) is 5.48. The Morgan fingerprint density at radius 3 is 2.34 bits per heavy atom. The van der Waals surface area contributed by atoms with E-state index in [4.69, 9.17) is 4.74 Å². The summed E-state index contributed by atoms with van der Waals surface area (Å²) in [5, 5.41) is 6.47. The van der Waals surface area contributed by atoms with Crippen LogP contribution in [-0.2, 0) is 12.1 Å². The van der Waals surface area contributed by atoms with Gasteiger partial charge in [-0.1, -0.05) is 0 Å². The molecule has 0 radical (unpaired) electrons. The maximum absolute atomic E-state index is 14.7. The lowest BCUT2D eigenvalue weighted by Crippen LogP contribution is -2.30. The molecule has 1 unspecified atom stereocenters. The van der Waals surface area contributed by atoms with Gasteiger partial charge in [-0.25, -0.2) is 32.5 Å². The standard InChI is InChI=1S/C22H18BrF7N6O2/c1-10(17-34-19(23)35-36(17)20-31-7-15(8-32-20)38-9-16(24)25)33-18(37)11-4-13(21(26,27)12-2-3-12)6-14(5-11)22(28,29)30/h4-8,10,12,16H,2-3,9H2,1H3,(H,33,37). The third-order valence-corrected chi connectivity index (χ3v) is 5.85. The van der Waals surface area contributed by atoms with Gasteiger partial charge in [0.05, 0.1) is 24.0 Å². The van der Waals surface area contributed by atoms with Gasteiger partial charge in [-0.15, -0.1) is 5.10 Å². The molecule has 16 heteroatoms. The molecule has 1 aromatic carbocycles. The van der Waals surface area contributed by atoms with Crippen LogP contribution in [0, 0.1) is 5.92 Å². The second-order valence-electron chi connectivity index (χ2n) is 8.46. The molecule has 204 valence electrons. The zero-order valence-corrected chi connectivity index (χ0v) is 20.9. The number of hydrogen-bond donors (Lipinski definition) is 1. The third kappa shape index (κ3) is 6.22. The number of aromatic nitrogens is 5. The number of ether oxygens (including phenoxy) is 1. The predicted molar refractivity (Wildman–Crippen MR) is 120 cm³/mol. The summed E-state index contributed by atoms with van der Waals surface area (Å²) in [5.74, 6) is -5.76. The number of halogens is 8. The van der Waals surface area contributed by atoms with E-state index in [2.05, 4.69) is 41.3 Å². The average Bonchev–Trinajstić information content (AvgIpc) is 3.64. The Hall–Kier alpha value is -3.30. The Bertz CT molecular complexity index is 1310. The number of rotatable bonds is 9. The molecule has 2 aromatic heterocycles. The smallest absolute Gasteiger partial charge is 0.416 e. The molecule has 3 aromatic rings. The highest BCUT2D eigenvalue weighted by atomic mass is 79.9. The van der Waals surface area contributed by atoms with E-state index in [1.54, 1.807) is 0 Å². The second-order valence-corrected chi connectivity index (χ2v) is 9.17. The number of amides is 1. The van der Waals surface area contributed by atoms with Crippen molar-refractivity contribution < 1.29 is 40.3 Å². The number of carbonyl (C=O) groups is 1. The van der Waals surface area contributed by atoms with Crippen LogP contribution in [0.5, 0.6) is 5.75 Å². The zero-order valence-electron chi connectivity index (χ0n) is 19.3. The molecule has 0 spiro atoms. The fourth-order valence-corrected chi connectivity index (χ4v) is 3.86. The fraction of sp³-hybridized carbons (Fsp3) is 0.409. The maximum atomic E-state index is 14.7. The minimum absolute atomic E-state index is 0.0296. The molecule has 1 atom stereocenters. The average molecular weight is 611 g/mol. The first kappa shape index (κ1) is 27.7. The first-order valence-corrected chi connectivity index (χ1v) is 11.8. The number of hydrogen-bond acceptors (Lipinski definition) is 6. The highest BCUT2D eigenvalue weighted by Crippen LogP contribution is 2.50. The summed E-state index contributed by atoms with van der Waals surface area (Å²) in [4.78, 5) is 24.9. The van der Waals surface area contributed by atoms with E-state index in [0.717, 1.165) is 23.1 Å². The molecule has 38 heavy (non-hydrogen) atoms. The molecule has 1 aliphatic carbocycles. The SMILES string of the molecule is CC(NC(=O)c1cc(C(F)(F)F)cc(C(F)(F)C2CC2)c1)c1nc(Br)nn1-c1ncc(OCC(F)F)cn1. The highest BCUT2D eigenvalue weighted by Gasteiger charge is 2.49. The van der Waals surface area contributed by atoms with Gasteiger partial charge in [0.15, 0.2) is 11.6 Å². The van der Waals surface area contributed by atoms with Gasteiger partial charge >= 0.3 is 6.18 Å². The van der Waals surface area contributed by atoms with Gasteiger partial charge in [-0.3, -0.25) is 4.79 Å². The minimum Gasteiger partial charge on any atom is -0.484 e. The molecule has 8 nitrogen and oxygen atoms in total. The van der Waals surface area contributed by atoms with Crippen molar-refractivity contribution in [3.05, 3.63) is 57.8 Å². The van der Waals surface area contributed by atoms with Crippen LogP contribution in [0.3, 0.4) is 0 Å². The Kier molecular flexibility index (Phi) is 7.63. The molecule has 4 rings (SSSR count). The minimum atomic E-state index is -4.95. The molecular weight excluding hydrogens is 593 g/mol. The van der Waals surface area contributed by atoms with Crippen LogP contribution in [0.2, 0.25) is 0 Å². The summed E-state index contributed by atoms with van der Waals surface area (Å²) in [6, 6.07) is 0.591. The quantitative estimate of drug-likeness (QED) is 0.323. The molecule has 0 aliphatic heterocycles. The van der Waals surface area contributed by atoms with Gasteiger partial charge in [0, 0.05) is 17.0 Å². The van der Waals surface area contributed by atoms with Crippen molar-refractivity contribution in [3.63, 3.8) is 0 Å². The summed E-state index contributed by atoms with van der Waals surface area (Å²) >= 11 is 3.07. The summed E-state index contributed by atoms with van der Waals surface area (Å²) in [7, 11) is 0. The van der Waals surface area contributed by atoms with Crippen LogP contribution in [0.25, 0.3) is 5.95 Å². The third-order valence-electron chi connectivity index (χ3n) is 5.52. The van der Waals surface area contributed by atoms with E-state index in [1.807, 2.05) is 0 Å². The van der Waals surface area contributed by atoms with E-state index in [-0.39, 0.29) is 35.1 Å². The molecule has 1 amide bonds. The van der Waals surface area contributed by atoms with E-state index < -0.39 is 59.7 Å². The van der Waals surface area contributed by atoms with E-state index in [1.165, 1.54) is 6.92 Å². The van der Waals surface area contributed by atoms with Gasteiger partial charge in [-0.05, 0) is 53.9 Å². The van der Waals surface area contributed by atoms with Crippen molar-refractivity contribution >= 4 is 21.8 Å². The van der Waals surface area contributed by atoms with Crippen molar-refractivity contribution in [2.24, 2.45) is 5.92 Å². The highest BCUT2D eigenvalue weighted by molar-refractivity contribution is 9.10. The molecule has 1 saturated carbocycles. The van der Waals surface area contributed by atoms with E-state index in [0.29, 0.717) is 12.1 Å². The normalized spacial score (nSPS) is 15.0. The van der Waals surface area contributed by atoms with Crippen LogP contribution in [0.1, 0.15) is 53.1 Å². The van der Waals surface area contributed by atoms with Gasteiger partial charge in [0.25, 0.3) is 24.2 Å². The summed E-state index contributed by atoms with van der Waals surface area (Å²) in [6.07, 6.45) is -5.09. The first-order valence-electron chi connectivity index (χ1n) is 11.0. The van der Waals surface area contributed by atoms with Crippen molar-refractivity contribution in [1.29, 1.82) is 0 Å². The zero-order chi connectivity index (χ0) is 27.8. The number of benzene rings is 1. The van der Waals surface area contributed by atoms with Gasteiger partial charge < -0.3 is 10.1 Å². The number of nitrogens with zero attached hydrogens (tertiary/aromatic N) is 5. The lowest BCUT2D eigenvalue weighted by Gasteiger charge is -2.20. The molecular formula is C22H18BrF7N6O2. The fourth-order valence-electron chi connectivity index (χ4n) is 3.52. The Morgan fingerprint density at radius 1 is 1.13 bits per heavy atom. The molecule has 0 saturated heterocycles. The molecule has 1 fully saturated rings. The van der Waals surface area contributed by atoms with Gasteiger partial charge in [0.1, 0.15) is 6.61 Å². The summed E-state index contributed by atoms with van der Waals surface area (Å²) in [5.41, 5.74) is -2.87. The van der Waals surface area contributed by atoms with Crippen LogP contribution in [-0.4, -0.2) is 43.7 Å². The van der Waals surface area contributed by atoms with Gasteiger partial charge in [-0.2, -0.15) is 17.9 Å². The molecule has 1 N–H and O–H groups in total. The molecule has 0 bridgehead atoms. The Balaban J connectivity index is 1.58. The summed E-state index contributed by atoms with van der Waals surface area (Å²) < 4.78 is 100. The lowest BCUT2D eigenvalue weighted by molar-refractivity contribution is -0.137. The van der Waals surface area contributed by atoms with Gasteiger partial charge in [0.2, 0.25) is 4.73 Å². The number of nitrogens with one attached hydrogen (secondary N) is 1. The largest absolute Gasteiger partial charge is 0.484 e. The summed E-state index contributed by atoms with van der Waals surface area (Å²) in [6.45, 7) is 0.564. The van der Waals surface area contributed by atoms with Crippen LogP contribution >= 0.6 is 15.9 Å². The second kappa shape index (κ2) is 10.5. The Labute approximate surface area is 218 Å². The van der Waals surface area contributed by atoms with Crippen LogP contribution in [0.15, 0.2) is 35.3 Å². The van der Waals surface area contributed by atoms with E-state index >= 15 is 0 Å². The Morgan fingerprint density at radius 2 is 1.76 bits per heavy atom. The van der Waals surface area contributed by atoms with Crippen molar-refractivity contribution in [3.8, 4) is 11.7 Å². The van der Waals surface area contributed by atoms with E-state index in [9.17, 15) is 35.5 Å². The lowest BCUT2D eigenvalue weighted by atomic mass is 9.97. The first-order chi connectivity index (χ1) is 17.8. The van der Waals surface area contributed by atoms with Crippen molar-refractivity contribution in [1.82, 2.24) is 30.0 Å². The van der Waals surface area contributed by atoms with Crippen LogP contribution < -0.4 is 10.1 Å². The van der Waals surface area contributed by atoms with Crippen molar-refractivity contribution in [2.45, 2.75) is 44.3 Å². The number of alkyl halides is 7. The monoisotopic (exact) mass is 610 g/mol.